The molecule has 1 N–H and O–H groups in total. The average Bonchev–Trinajstić information content (AvgIpc) is 2.75. The van der Waals surface area contributed by atoms with Gasteiger partial charge in [0.1, 0.15) is 16.5 Å². The predicted molar refractivity (Wildman–Crippen MR) is 118 cm³/mol. The van der Waals surface area contributed by atoms with Crippen LogP contribution in [-0.4, -0.2) is 35.2 Å². The van der Waals surface area contributed by atoms with E-state index in [2.05, 4.69) is 10.4 Å². The second-order valence-electron chi connectivity index (χ2n) is 6.61. The predicted octanol–water partition coefficient (Wildman–Crippen LogP) is 3.68. The largest absolute Gasteiger partial charge is 0.497 e. The summed E-state index contributed by atoms with van der Waals surface area (Å²) in [4.78, 5) is 24.9. The first-order valence-electron chi connectivity index (χ1n) is 9.27. The Kier molecular flexibility index (Phi) is 6.79. The van der Waals surface area contributed by atoms with Gasteiger partial charge in [-0.2, -0.15) is 9.78 Å². The monoisotopic (exact) mass is 425 g/mol. The molecule has 1 unspecified atom stereocenters. The molecular formula is C22H23N3O4S. The number of carbonyl (C=O) groups is 1. The lowest BCUT2D eigenvalue weighted by atomic mass is 10.2. The lowest BCUT2D eigenvalue weighted by Gasteiger charge is -2.14. The molecule has 0 spiro atoms. The number of nitrogens with zero attached hydrogens (tertiary/aromatic N) is 2. The van der Waals surface area contributed by atoms with E-state index < -0.39 is 5.25 Å². The number of anilines is 1. The number of thioether (sulfide) groups is 1. The quantitative estimate of drug-likeness (QED) is 0.582. The van der Waals surface area contributed by atoms with Gasteiger partial charge in [-0.3, -0.25) is 9.59 Å². The van der Waals surface area contributed by atoms with Crippen LogP contribution in [0.3, 0.4) is 0 Å². The minimum absolute atomic E-state index is 0.204. The molecule has 2 aromatic carbocycles. The topological polar surface area (TPSA) is 82.5 Å². The summed E-state index contributed by atoms with van der Waals surface area (Å²) >= 11 is 1.27. The Labute approximate surface area is 179 Å². The van der Waals surface area contributed by atoms with E-state index in [0.717, 1.165) is 5.56 Å². The molecule has 0 saturated heterocycles. The van der Waals surface area contributed by atoms with Crippen molar-refractivity contribution in [1.82, 2.24) is 9.78 Å². The van der Waals surface area contributed by atoms with Crippen LogP contribution in [0.15, 0.2) is 64.4 Å². The number of rotatable bonds is 7. The molecule has 1 atom stereocenters. The number of hydrogen-bond donors (Lipinski definition) is 1. The second kappa shape index (κ2) is 9.49. The Morgan fingerprint density at radius 2 is 1.67 bits per heavy atom. The number of benzene rings is 2. The first-order chi connectivity index (χ1) is 14.4. The number of amides is 1. The summed E-state index contributed by atoms with van der Waals surface area (Å²) in [7, 11) is 3.10. The van der Waals surface area contributed by atoms with E-state index >= 15 is 0 Å². The summed E-state index contributed by atoms with van der Waals surface area (Å²) in [5.74, 6) is 0.957. The molecule has 0 bridgehead atoms. The minimum Gasteiger partial charge on any atom is -0.497 e. The maximum Gasteiger partial charge on any atom is 0.271 e. The van der Waals surface area contributed by atoms with E-state index in [9.17, 15) is 9.59 Å². The van der Waals surface area contributed by atoms with Crippen LogP contribution in [0, 0.1) is 6.92 Å². The third-order valence-corrected chi connectivity index (χ3v) is 5.37. The fourth-order valence-electron chi connectivity index (χ4n) is 2.69. The van der Waals surface area contributed by atoms with Crippen LogP contribution >= 0.6 is 11.8 Å². The van der Waals surface area contributed by atoms with Gasteiger partial charge in [0.2, 0.25) is 5.91 Å². The van der Waals surface area contributed by atoms with Crippen LogP contribution < -0.4 is 20.3 Å². The van der Waals surface area contributed by atoms with Crippen molar-refractivity contribution in [1.29, 1.82) is 0 Å². The van der Waals surface area contributed by atoms with Gasteiger partial charge >= 0.3 is 0 Å². The van der Waals surface area contributed by atoms with E-state index in [1.807, 2.05) is 31.2 Å². The molecule has 1 aromatic heterocycles. The van der Waals surface area contributed by atoms with Crippen LogP contribution in [0.4, 0.5) is 5.69 Å². The fourth-order valence-corrected chi connectivity index (χ4v) is 3.49. The molecule has 0 aliphatic carbocycles. The third-order valence-electron chi connectivity index (χ3n) is 4.34. The molecule has 8 heteroatoms. The summed E-state index contributed by atoms with van der Waals surface area (Å²) in [5, 5.41) is 7.39. The van der Waals surface area contributed by atoms with Crippen molar-refractivity contribution in [3.63, 3.8) is 0 Å². The molecular weight excluding hydrogens is 402 g/mol. The number of methoxy groups -OCH3 is 2. The van der Waals surface area contributed by atoms with Gasteiger partial charge in [-0.05, 0) is 32.0 Å². The van der Waals surface area contributed by atoms with Crippen molar-refractivity contribution >= 4 is 23.4 Å². The third kappa shape index (κ3) is 5.21. The van der Waals surface area contributed by atoms with Crippen LogP contribution in [0.1, 0.15) is 12.5 Å². The number of carbonyl (C=O) groups excluding carboxylic acids is 1. The summed E-state index contributed by atoms with van der Waals surface area (Å²) in [6.07, 6.45) is 0. The maximum atomic E-state index is 12.7. The van der Waals surface area contributed by atoms with E-state index in [0.29, 0.717) is 27.9 Å². The van der Waals surface area contributed by atoms with Crippen LogP contribution in [-0.2, 0) is 4.79 Å². The highest BCUT2D eigenvalue weighted by atomic mass is 32.2. The van der Waals surface area contributed by atoms with Crippen molar-refractivity contribution in [2.75, 3.05) is 19.5 Å². The first-order valence-corrected chi connectivity index (χ1v) is 10.2. The van der Waals surface area contributed by atoms with Gasteiger partial charge in [0.15, 0.2) is 0 Å². The van der Waals surface area contributed by atoms with Crippen molar-refractivity contribution in [3.05, 3.63) is 70.5 Å². The van der Waals surface area contributed by atoms with E-state index in [-0.39, 0.29) is 11.5 Å². The van der Waals surface area contributed by atoms with E-state index in [1.54, 1.807) is 45.4 Å². The van der Waals surface area contributed by atoms with Crippen molar-refractivity contribution < 1.29 is 14.3 Å². The average molecular weight is 426 g/mol. The van der Waals surface area contributed by atoms with Gasteiger partial charge < -0.3 is 14.8 Å². The fraction of sp³-hybridized carbons (Fsp3) is 0.227. The van der Waals surface area contributed by atoms with E-state index in [1.165, 1.54) is 22.5 Å². The molecule has 30 heavy (non-hydrogen) atoms. The molecule has 3 aromatic rings. The molecule has 3 rings (SSSR count). The van der Waals surface area contributed by atoms with Gasteiger partial charge in [0.05, 0.1) is 25.2 Å². The van der Waals surface area contributed by atoms with Gasteiger partial charge in [0.25, 0.3) is 5.56 Å². The number of aromatic nitrogens is 2. The maximum absolute atomic E-state index is 12.7. The number of nitrogens with one attached hydrogen (secondary N) is 1. The molecule has 0 aliphatic rings. The summed E-state index contributed by atoms with van der Waals surface area (Å²) in [6.45, 7) is 3.75. The van der Waals surface area contributed by atoms with Crippen LogP contribution in [0.2, 0.25) is 0 Å². The highest BCUT2D eigenvalue weighted by molar-refractivity contribution is 8.00. The molecule has 0 fully saturated rings. The van der Waals surface area contributed by atoms with Crippen molar-refractivity contribution in [2.24, 2.45) is 0 Å². The number of ether oxygens (including phenoxy) is 2. The molecule has 0 radical (unpaired) electrons. The molecule has 0 saturated carbocycles. The zero-order valence-electron chi connectivity index (χ0n) is 17.2. The van der Waals surface area contributed by atoms with Crippen molar-refractivity contribution in [2.45, 2.75) is 24.1 Å². The SMILES string of the molecule is COc1cc(NC(=O)C(C)Sc2ccc(=O)n(-c3ccc(C)cc3)n2)cc(OC)c1. The Balaban J connectivity index is 1.75. The van der Waals surface area contributed by atoms with Crippen LogP contribution in [0.25, 0.3) is 5.69 Å². The standard InChI is InChI=1S/C22H23N3O4S/c1-14-5-7-17(8-6-14)25-21(26)10-9-20(24-25)30-15(2)22(27)23-16-11-18(28-3)13-19(12-16)29-4/h5-13,15H,1-4H3,(H,23,27). The van der Waals surface area contributed by atoms with Gasteiger partial charge in [-0.1, -0.05) is 29.5 Å². The zero-order valence-corrected chi connectivity index (χ0v) is 18.0. The minimum atomic E-state index is -0.446. The molecule has 156 valence electrons. The highest BCUT2D eigenvalue weighted by Crippen LogP contribution is 2.27. The van der Waals surface area contributed by atoms with E-state index in [4.69, 9.17) is 9.47 Å². The molecule has 1 amide bonds. The smallest absolute Gasteiger partial charge is 0.271 e. The Hall–Kier alpha value is -3.26. The molecule has 0 aliphatic heterocycles. The number of aryl methyl sites for hydroxylation is 1. The highest BCUT2D eigenvalue weighted by Gasteiger charge is 2.17. The first kappa shape index (κ1) is 21.4. The summed E-state index contributed by atoms with van der Waals surface area (Å²) in [5.41, 5.74) is 2.11. The van der Waals surface area contributed by atoms with Crippen molar-refractivity contribution in [3.8, 4) is 17.2 Å². The second-order valence-corrected chi connectivity index (χ2v) is 7.97. The Morgan fingerprint density at radius 3 is 2.27 bits per heavy atom. The molecule has 7 nitrogen and oxygen atoms in total. The zero-order chi connectivity index (χ0) is 21.7. The summed E-state index contributed by atoms with van der Waals surface area (Å²) < 4.78 is 11.8. The lowest BCUT2D eigenvalue weighted by Crippen LogP contribution is -2.24. The Morgan fingerprint density at radius 1 is 1.03 bits per heavy atom. The van der Waals surface area contributed by atoms with Gasteiger partial charge in [-0.25, -0.2) is 0 Å². The lowest BCUT2D eigenvalue weighted by molar-refractivity contribution is -0.115. The van der Waals surface area contributed by atoms with Gasteiger partial charge in [-0.15, -0.1) is 0 Å². The summed E-state index contributed by atoms with van der Waals surface area (Å²) in [6, 6.07) is 15.7. The number of hydrogen-bond acceptors (Lipinski definition) is 6. The van der Waals surface area contributed by atoms with Crippen LogP contribution in [0.5, 0.6) is 11.5 Å². The Bertz CT molecular complexity index is 1070. The molecule has 1 heterocycles. The normalized spacial score (nSPS) is 11.6. The van der Waals surface area contributed by atoms with Gasteiger partial charge in [0, 0.05) is 30.0 Å².